The molecule has 2 fully saturated rings. The minimum absolute atomic E-state index is 0.0286. The maximum Gasteiger partial charge on any atom is 0.239 e. The number of likely N-dealkylation sites (tertiary alicyclic amines) is 1. The Morgan fingerprint density at radius 1 is 1.25 bits per heavy atom. The Morgan fingerprint density at radius 3 is 2.89 bits per heavy atom. The van der Waals surface area contributed by atoms with Crippen LogP contribution in [0.15, 0.2) is 24.3 Å². The van der Waals surface area contributed by atoms with Crippen LogP contribution < -0.4 is 5.32 Å². The van der Waals surface area contributed by atoms with E-state index in [4.69, 9.17) is 0 Å². The molecule has 0 aliphatic carbocycles. The van der Waals surface area contributed by atoms with E-state index in [0.29, 0.717) is 17.5 Å². The molecule has 1 amide bonds. The van der Waals surface area contributed by atoms with E-state index in [1.165, 1.54) is 17.5 Å². The van der Waals surface area contributed by atoms with Gasteiger partial charge in [0, 0.05) is 30.3 Å². The molecule has 2 aromatic rings. The molecule has 2 atom stereocenters. The molecular weight excluding hydrogens is 348 g/mol. The van der Waals surface area contributed by atoms with Crippen LogP contribution in [0.25, 0.3) is 10.9 Å². The highest BCUT2D eigenvalue weighted by molar-refractivity contribution is 5.83. The molecule has 0 bridgehead atoms. The molecule has 2 aliphatic heterocycles. The van der Waals surface area contributed by atoms with Crippen LogP contribution in [-0.4, -0.2) is 40.5 Å². The number of hydrogen-bond acceptors (Lipinski definition) is 3. The van der Waals surface area contributed by atoms with Gasteiger partial charge in [-0.15, -0.1) is 0 Å². The zero-order valence-electron chi connectivity index (χ0n) is 16.8. The van der Waals surface area contributed by atoms with Gasteiger partial charge in [-0.05, 0) is 75.6 Å². The van der Waals surface area contributed by atoms with Crippen molar-refractivity contribution in [1.29, 1.82) is 5.26 Å². The fraction of sp³-hybridized carbons (Fsp3) is 0.565. The number of nitrogens with one attached hydrogen (secondary N) is 1. The Labute approximate surface area is 167 Å². The summed E-state index contributed by atoms with van der Waals surface area (Å²) in [4.78, 5) is 15.1. The highest BCUT2D eigenvalue weighted by atomic mass is 16.2. The molecule has 5 heteroatoms. The van der Waals surface area contributed by atoms with Gasteiger partial charge in [0.15, 0.2) is 0 Å². The number of nitriles is 1. The molecule has 2 saturated heterocycles. The van der Waals surface area contributed by atoms with Crippen LogP contribution in [0.5, 0.6) is 0 Å². The van der Waals surface area contributed by atoms with Crippen molar-refractivity contribution in [3.05, 3.63) is 35.5 Å². The van der Waals surface area contributed by atoms with Crippen molar-refractivity contribution in [3.63, 3.8) is 0 Å². The highest BCUT2D eigenvalue weighted by Crippen LogP contribution is 2.27. The third kappa shape index (κ3) is 3.66. The summed E-state index contributed by atoms with van der Waals surface area (Å²) in [5.41, 5.74) is 3.16. The van der Waals surface area contributed by atoms with Gasteiger partial charge >= 0.3 is 0 Å². The zero-order chi connectivity index (χ0) is 19.5. The van der Waals surface area contributed by atoms with E-state index in [9.17, 15) is 10.1 Å². The monoisotopic (exact) mass is 378 g/mol. The van der Waals surface area contributed by atoms with Gasteiger partial charge in [-0.3, -0.25) is 4.79 Å². The van der Waals surface area contributed by atoms with E-state index in [1.807, 2.05) is 18.2 Å². The van der Waals surface area contributed by atoms with E-state index in [1.54, 1.807) is 0 Å². The first kappa shape index (κ1) is 19.0. The molecule has 2 unspecified atom stereocenters. The fourth-order valence-electron chi connectivity index (χ4n) is 4.96. The van der Waals surface area contributed by atoms with E-state index in [-0.39, 0.29) is 6.04 Å². The normalized spacial score (nSPS) is 22.5. The molecule has 1 N–H and O–H groups in total. The Balaban J connectivity index is 1.47. The molecular formula is C23H30N4O. The molecule has 5 nitrogen and oxygen atoms in total. The molecule has 0 spiro atoms. The second kappa shape index (κ2) is 8.36. The summed E-state index contributed by atoms with van der Waals surface area (Å²) in [5, 5.41) is 13.8. The van der Waals surface area contributed by atoms with Crippen molar-refractivity contribution in [1.82, 2.24) is 14.8 Å². The van der Waals surface area contributed by atoms with Crippen molar-refractivity contribution in [2.45, 2.75) is 70.5 Å². The number of fused-ring (bicyclic) bond motifs is 1. The number of rotatable bonds is 5. The third-order valence-electron chi connectivity index (χ3n) is 6.44. The van der Waals surface area contributed by atoms with Crippen LogP contribution in [0.3, 0.4) is 0 Å². The first-order valence-electron chi connectivity index (χ1n) is 10.8. The number of aryl methyl sites for hydroxylation is 2. The van der Waals surface area contributed by atoms with Gasteiger partial charge in [-0.1, -0.05) is 12.5 Å². The van der Waals surface area contributed by atoms with Crippen molar-refractivity contribution >= 4 is 16.8 Å². The van der Waals surface area contributed by atoms with Gasteiger partial charge in [0.2, 0.25) is 5.91 Å². The first-order valence-corrected chi connectivity index (χ1v) is 10.8. The number of piperidine rings is 1. The molecule has 148 valence electrons. The van der Waals surface area contributed by atoms with Crippen LogP contribution in [0.1, 0.15) is 56.7 Å². The SMILES string of the molecule is CCn1c(CCC2CCCN2C(=O)C2CCCCN2)cc2ccc(C#N)cc21. The lowest BCUT2D eigenvalue weighted by Crippen LogP contribution is -2.50. The number of aromatic nitrogens is 1. The van der Waals surface area contributed by atoms with Crippen molar-refractivity contribution in [2.24, 2.45) is 0 Å². The Bertz CT molecular complexity index is 888. The van der Waals surface area contributed by atoms with E-state index >= 15 is 0 Å². The minimum atomic E-state index is 0.0286. The molecule has 0 saturated carbocycles. The van der Waals surface area contributed by atoms with Gasteiger partial charge in [0.05, 0.1) is 17.7 Å². The van der Waals surface area contributed by atoms with Gasteiger partial charge < -0.3 is 14.8 Å². The number of benzene rings is 1. The quantitative estimate of drug-likeness (QED) is 0.865. The molecule has 1 aromatic heterocycles. The average Bonchev–Trinajstić information content (AvgIpc) is 3.35. The summed E-state index contributed by atoms with van der Waals surface area (Å²) in [6, 6.07) is 10.8. The largest absolute Gasteiger partial charge is 0.345 e. The predicted molar refractivity (Wildman–Crippen MR) is 111 cm³/mol. The minimum Gasteiger partial charge on any atom is -0.345 e. The van der Waals surface area contributed by atoms with Gasteiger partial charge in [-0.25, -0.2) is 0 Å². The lowest BCUT2D eigenvalue weighted by atomic mass is 10.0. The predicted octanol–water partition coefficient (Wildman–Crippen LogP) is 3.60. The number of carbonyl (C=O) groups is 1. The van der Waals surface area contributed by atoms with Crippen LogP contribution in [-0.2, 0) is 17.8 Å². The van der Waals surface area contributed by atoms with Crippen molar-refractivity contribution < 1.29 is 4.79 Å². The maximum absolute atomic E-state index is 13.0. The topological polar surface area (TPSA) is 61.1 Å². The molecule has 0 radical (unpaired) electrons. The summed E-state index contributed by atoms with van der Waals surface area (Å²) in [6.45, 7) is 4.93. The summed E-state index contributed by atoms with van der Waals surface area (Å²) in [5.74, 6) is 0.317. The van der Waals surface area contributed by atoms with Crippen molar-refractivity contribution in [2.75, 3.05) is 13.1 Å². The number of carbonyl (C=O) groups excluding carboxylic acids is 1. The molecule has 3 heterocycles. The highest BCUT2D eigenvalue weighted by Gasteiger charge is 2.33. The van der Waals surface area contributed by atoms with E-state index in [2.05, 4.69) is 33.8 Å². The smallest absolute Gasteiger partial charge is 0.239 e. The summed E-state index contributed by atoms with van der Waals surface area (Å²) >= 11 is 0. The number of amides is 1. The van der Waals surface area contributed by atoms with Crippen LogP contribution >= 0.6 is 0 Å². The Morgan fingerprint density at radius 2 is 2.14 bits per heavy atom. The lowest BCUT2D eigenvalue weighted by Gasteiger charge is -2.31. The third-order valence-corrected chi connectivity index (χ3v) is 6.44. The van der Waals surface area contributed by atoms with Crippen LogP contribution in [0, 0.1) is 11.3 Å². The van der Waals surface area contributed by atoms with Crippen LogP contribution in [0.4, 0.5) is 0 Å². The maximum atomic E-state index is 13.0. The molecule has 1 aromatic carbocycles. The van der Waals surface area contributed by atoms with Crippen molar-refractivity contribution in [3.8, 4) is 6.07 Å². The Kier molecular flexibility index (Phi) is 5.68. The van der Waals surface area contributed by atoms with E-state index in [0.717, 1.165) is 63.7 Å². The molecule has 28 heavy (non-hydrogen) atoms. The molecule has 4 rings (SSSR count). The van der Waals surface area contributed by atoms with Gasteiger partial charge in [0.1, 0.15) is 0 Å². The summed E-state index contributed by atoms with van der Waals surface area (Å²) < 4.78 is 2.32. The van der Waals surface area contributed by atoms with Gasteiger partial charge in [-0.2, -0.15) is 5.26 Å². The molecule has 2 aliphatic rings. The standard InChI is InChI=1S/C23H30N4O/c1-2-26-20(15-18-9-8-17(16-24)14-22(18)26)11-10-19-6-5-13-27(19)23(28)21-7-3-4-12-25-21/h8-9,14-15,19,21,25H,2-7,10-13H2,1H3. The van der Waals surface area contributed by atoms with Gasteiger partial charge in [0.25, 0.3) is 0 Å². The summed E-state index contributed by atoms with van der Waals surface area (Å²) in [7, 11) is 0. The first-order chi connectivity index (χ1) is 13.7. The number of hydrogen-bond donors (Lipinski definition) is 1. The van der Waals surface area contributed by atoms with Crippen LogP contribution in [0.2, 0.25) is 0 Å². The fourth-order valence-corrected chi connectivity index (χ4v) is 4.96. The number of nitrogens with zero attached hydrogens (tertiary/aromatic N) is 3. The lowest BCUT2D eigenvalue weighted by molar-refractivity contribution is -0.135. The zero-order valence-corrected chi connectivity index (χ0v) is 16.8. The second-order valence-electron chi connectivity index (χ2n) is 8.13. The average molecular weight is 379 g/mol. The second-order valence-corrected chi connectivity index (χ2v) is 8.13. The Hall–Kier alpha value is -2.32. The summed E-state index contributed by atoms with van der Waals surface area (Å²) in [6.07, 6.45) is 7.53. The van der Waals surface area contributed by atoms with E-state index < -0.39 is 0 Å².